The molecule has 2 heterocycles. The summed E-state index contributed by atoms with van der Waals surface area (Å²) in [5.74, 6) is -0.300. The molecule has 2 aromatic rings. The Hall–Kier alpha value is -2.27. The molecular formula is C23H29N3O5S2. The molecule has 178 valence electrons. The van der Waals surface area contributed by atoms with Gasteiger partial charge in [0, 0.05) is 45.3 Å². The molecule has 8 nitrogen and oxygen atoms in total. The Balaban J connectivity index is 1.41. The van der Waals surface area contributed by atoms with Gasteiger partial charge in [-0.25, -0.2) is 25.4 Å². The average Bonchev–Trinajstić information content (AvgIpc) is 3.22. The number of carbonyl (C=O) groups is 1. The number of nitrogens with zero attached hydrogens (tertiary/aromatic N) is 3. The van der Waals surface area contributed by atoms with E-state index in [9.17, 15) is 21.6 Å². The second-order valence-corrected chi connectivity index (χ2v) is 12.9. The first kappa shape index (κ1) is 23.9. The van der Waals surface area contributed by atoms with Gasteiger partial charge in [0.25, 0.3) is 0 Å². The van der Waals surface area contributed by atoms with Gasteiger partial charge in [-0.3, -0.25) is 4.79 Å². The Morgan fingerprint density at radius 1 is 0.970 bits per heavy atom. The zero-order valence-electron chi connectivity index (χ0n) is 18.8. The minimum Gasteiger partial charge on any atom is -0.312 e. The normalized spacial score (nSPS) is 18.0. The number of rotatable bonds is 6. The molecule has 0 aliphatic carbocycles. The number of anilines is 1. The Morgan fingerprint density at radius 3 is 2.27 bits per heavy atom. The zero-order valence-corrected chi connectivity index (χ0v) is 20.5. The van der Waals surface area contributed by atoms with E-state index in [1.165, 1.54) is 22.7 Å². The minimum absolute atomic E-state index is 0.0166. The quantitative estimate of drug-likeness (QED) is 0.617. The van der Waals surface area contributed by atoms with E-state index in [4.69, 9.17) is 0 Å². The van der Waals surface area contributed by atoms with Crippen LogP contribution in [0.2, 0.25) is 0 Å². The molecule has 0 atom stereocenters. The van der Waals surface area contributed by atoms with Crippen LogP contribution in [-0.2, 0) is 37.0 Å². The predicted molar refractivity (Wildman–Crippen MR) is 127 cm³/mol. The predicted octanol–water partition coefficient (Wildman–Crippen LogP) is 2.07. The molecule has 1 saturated heterocycles. The van der Waals surface area contributed by atoms with Crippen molar-refractivity contribution in [3.05, 3.63) is 59.7 Å². The molecule has 0 N–H and O–H groups in total. The number of piperidine rings is 1. The largest absolute Gasteiger partial charge is 0.312 e. The van der Waals surface area contributed by atoms with Crippen molar-refractivity contribution in [2.45, 2.75) is 29.9 Å². The van der Waals surface area contributed by atoms with Crippen LogP contribution in [0.3, 0.4) is 0 Å². The van der Waals surface area contributed by atoms with E-state index in [1.807, 2.05) is 18.2 Å². The number of hydrogen-bond acceptors (Lipinski definition) is 5. The highest BCUT2D eigenvalue weighted by molar-refractivity contribution is 7.89. The van der Waals surface area contributed by atoms with Crippen molar-refractivity contribution in [2.24, 2.45) is 5.92 Å². The summed E-state index contributed by atoms with van der Waals surface area (Å²) in [5.41, 5.74) is 2.34. The fraction of sp³-hybridized carbons (Fsp3) is 0.435. The maximum absolute atomic E-state index is 13.2. The summed E-state index contributed by atoms with van der Waals surface area (Å²) in [7, 11) is -3.98. The van der Waals surface area contributed by atoms with Gasteiger partial charge < -0.3 is 4.90 Å². The smallest absolute Gasteiger partial charge is 0.242 e. The summed E-state index contributed by atoms with van der Waals surface area (Å²) in [5, 5.41) is 0. The number of sulfonamides is 2. The van der Waals surface area contributed by atoms with Crippen LogP contribution >= 0.6 is 0 Å². The summed E-state index contributed by atoms with van der Waals surface area (Å²) in [6.07, 6.45) is 1.56. The van der Waals surface area contributed by atoms with Crippen molar-refractivity contribution >= 4 is 31.6 Å². The van der Waals surface area contributed by atoms with E-state index in [1.54, 1.807) is 35.2 Å². The lowest BCUT2D eigenvalue weighted by atomic mass is 9.96. The van der Waals surface area contributed by atoms with Gasteiger partial charge in [-0.15, -0.1) is 0 Å². The van der Waals surface area contributed by atoms with Gasteiger partial charge in [0.2, 0.25) is 26.0 Å². The second-order valence-electron chi connectivity index (χ2n) is 8.73. The molecule has 0 saturated carbocycles. The lowest BCUT2D eigenvalue weighted by Gasteiger charge is -2.32. The van der Waals surface area contributed by atoms with Crippen molar-refractivity contribution in [1.82, 2.24) is 8.61 Å². The van der Waals surface area contributed by atoms with Gasteiger partial charge in [-0.05, 0) is 48.6 Å². The van der Waals surface area contributed by atoms with Crippen molar-refractivity contribution < 1.29 is 21.6 Å². The third-order valence-electron chi connectivity index (χ3n) is 6.38. The Morgan fingerprint density at radius 2 is 1.64 bits per heavy atom. The Labute approximate surface area is 195 Å². The first-order chi connectivity index (χ1) is 15.6. The highest BCUT2D eigenvalue weighted by Gasteiger charge is 2.35. The van der Waals surface area contributed by atoms with Gasteiger partial charge in [0.1, 0.15) is 0 Å². The summed E-state index contributed by atoms with van der Waals surface area (Å²) in [6, 6.07) is 14.0. The molecular weight excluding hydrogens is 462 g/mol. The van der Waals surface area contributed by atoms with Crippen LogP contribution in [0.1, 0.15) is 24.0 Å². The molecule has 0 unspecified atom stereocenters. The van der Waals surface area contributed by atoms with Crippen molar-refractivity contribution in [2.75, 3.05) is 38.6 Å². The molecule has 0 spiro atoms. The van der Waals surface area contributed by atoms with Gasteiger partial charge in [0.15, 0.2) is 0 Å². The number of carbonyl (C=O) groups excluding carboxylic acids is 1. The first-order valence-electron chi connectivity index (χ1n) is 11.0. The lowest BCUT2D eigenvalue weighted by Crippen LogP contribution is -2.44. The molecule has 0 bridgehead atoms. The van der Waals surface area contributed by atoms with Gasteiger partial charge in [-0.1, -0.05) is 30.3 Å². The molecule has 1 fully saturated rings. The van der Waals surface area contributed by atoms with Crippen LogP contribution in [-0.4, -0.2) is 65.1 Å². The number of hydrogen-bond donors (Lipinski definition) is 0. The van der Waals surface area contributed by atoms with E-state index in [0.29, 0.717) is 38.9 Å². The Bertz CT molecular complexity index is 1240. The van der Waals surface area contributed by atoms with Gasteiger partial charge in [0.05, 0.1) is 10.6 Å². The van der Waals surface area contributed by atoms with E-state index in [2.05, 4.69) is 0 Å². The third-order valence-corrected chi connectivity index (χ3v) is 10.0. The van der Waals surface area contributed by atoms with E-state index >= 15 is 0 Å². The van der Waals surface area contributed by atoms with Crippen LogP contribution in [0.4, 0.5) is 5.69 Å². The Kier molecular flexibility index (Phi) is 6.63. The van der Waals surface area contributed by atoms with Crippen LogP contribution in [0.5, 0.6) is 0 Å². The fourth-order valence-electron chi connectivity index (χ4n) is 4.46. The van der Waals surface area contributed by atoms with Crippen molar-refractivity contribution in [3.63, 3.8) is 0 Å². The van der Waals surface area contributed by atoms with Crippen molar-refractivity contribution in [3.8, 4) is 0 Å². The maximum Gasteiger partial charge on any atom is 0.242 e. The summed E-state index contributed by atoms with van der Waals surface area (Å²) in [4.78, 5) is 15.2. The summed E-state index contributed by atoms with van der Waals surface area (Å²) >= 11 is 0. The highest BCUT2D eigenvalue weighted by atomic mass is 32.2. The van der Waals surface area contributed by atoms with Gasteiger partial charge in [-0.2, -0.15) is 0 Å². The minimum atomic E-state index is -3.53. The SMILES string of the molecule is CN(C)S(=O)(=O)c1ccc2c(c1)CCN2C(=O)C1CCN(S(=O)(=O)Cc2ccccc2)CC1. The monoisotopic (exact) mass is 491 g/mol. The molecule has 4 rings (SSSR count). The maximum atomic E-state index is 13.2. The number of benzene rings is 2. The van der Waals surface area contributed by atoms with Crippen LogP contribution in [0, 0.1) is 5.92 Å². The molecule has 0 aromatic heterocycles. The average molecular weight is 492 g/mol. The van der Waals surface area contributed by atoms with E-state index < -0.39 is 20.0 Å². The standard InChI is InChI=1S/C23H29N3O5S2/c1-24(2)33(30,31)21-8-9-22-20(16-21)12-15-26(22)23(27)19-10-13-25(14-11-19)32(28,29)17-18-6-4-3-5-7-18/h3-9,16,19H,10-15,17H2,1-2H3. The summed E-state index contributed by atoms with van der Waals surface area (Å²) < 4.78 is 53.1. The van der Waals surface area contributed by atoms with Crippen LogP contribution in [0.15, 0.2) is 53.4 Å². The molecule has 0 radical (unpaired) electrons. The molecule has 2 aliphatic heterocycles. The lowest BCUT2D eigenvalue weighted by molar-refractivity contribution is -0.123. The first-order valence-corrected chi connectivity index (χ1v) is 14.0. The van der Waals surface area contributed by atoms with Crippen molar-refractivity contribution in [1.29, 1.82) is 0 Å². The molecule has 2 aromatic carbocycles. The number of fused-ring (bicyclic) bond motifs is 1. The highest BCUT2D eigenvalue weighted by Crippen LogP contribution is 2.33. The fourth-order valence-corrected chi connectivity index (χ4v) is 6.97. The van der Waals surface area contributed by atoms with Gasteiger partial charge >= 0.3 is 0 Å². The topological polar surface area (TPSA) is 95.1 Å². The second kappa shape index (κ2) is 9.17. The number of amides is 1. The van der Waals surface area contributed by atoms with Crippen LogP contribution in [0.25, 0.3) is 0 Å². The zero-order chi connectivity index (χ0) is 23.8. The van der Waals surface area contributed by atoms with Crippen LogP contribution < -0.4 is 4.90 Å². The molecule has 2 aliphatic rings. The summed E-state index contributed by atoms with van der Waals surface area (Å²) in [6.45, 7) is 1.16. The molecule has 1 amide bonds. The van der Waals surface area contributed by atoms with E-state index in [0.717, 1.165) is 16.8 Å². The van der Waals surface area contributed by atoms with E-state index in [-0.39, 0.29) is 22.5 Å². The molecule has 33 heavy (non-hydrogen) atoms. The molecule has 10 heteroatoms. The third kappa shape index (κ3) is 4.84.